The third-order valence-corrected chi connectivity index (χ3v) is 3.98. The summed E-state index contributed by atoms with van der Waals surface area (Å²) in [6, 6.07) is 0. The minimum atomic E-state index is -0.549. The molecule has 0 rings (SSSR count). The van der Waals surface area contributed by atoms with Crippen LogP contribution in [0.4, 0.5) is 0 Å². The van der Waals surface area contributed by atoms with Crippen LogP contribution in [0.15, 0.2) is 0 Å². The number of hydrogen-bond donors (Lipinski definition) is 5. The van der Waals surface area contributed by atoms with Crippen LogP contribution < -0.4 is 10.6 Å². The molecule has 0 saturated carbocycles. The molecule has 0 aromatic carbocycles. The van der Waals surface area contributed by atoms with Gasteiger partial charge in [-0.1, -0.05) is 0 Å². The zero-order valence-electron chi connectivity index (χ0n) is 17.9. The number of hydrogen-bond acceptors (Lipinski definition) is 9. The predicted octanol–water partition coefficient (Wildman–Crippen LogP) is -1.34. The van der Waals surface area contributed by atoms with Gasteiger partial charge in [0.1, 0.15) is 0 Å². The van der Waals surface area contributed by atoms with Gasteiger partial charge in [-0.05, 0) is 20.8 Å². The van der Waals surface area contributed by atoms with Gasteiger partial charge >= 0.3 is 0 Å². The van der Waals surface area contributed by atoms with Gasteiger partial charge in [0.25, 0.3) is 0 Å². The van der Waals surface area contributed by atoms with Crippen LogP contribution in [0.5, 0.6) is 0 Å². The number of rotatable bonds is 21. The van der Waals surface area contributed by atoms with E-state index in [-0.39, 0.29) is 0 Å². The highest BCUT2D eigenvalue weighted by Crippen LogP contribution is 1.94. The van der Waals surface area contributed by atoms with E-state index in [0.29, 0.717) is 72.4 Å². The molecule has 3 atom stereocenters. The molecule has 0 aliphatic heterocycles. The highest BCUT2D eigenvalue weighted by atomic mass is 16.5. The van der Waals surface area contributed by atoms with E-state index in [1.807, 2.05) is 20.8 Å². The maximum absolute atomic E-state index is 10.1. The Bertz CT molecular complexity index is 306. The van der Waals surface area contributed by atoms with Gasteiger partial charge in [-0.15, -0.1) is 0 Å². The molecule has 28 heavy (non-hydrogen) atoms. The molecule has 0 aliphatic rings. The summed E-state index contributed by atoms with van der Waals surface area (Å²) in [4.78, 5) is 2.13. The highest BCUT2D eigenvalue weighted by molar-refractivity contribution is 4.69. The van der Waals surface area contributed by atoms with E-state index in [1.54, 1.807) is 0 Å². The summed E-state index contributed by atoms with van der Waals surface area (Å²) in [5.41, 5.74) is 0. The molecule has 0 heterocycles. The largest absolute Gasteiger partial charge is 0.389 e. The second-order valence-corrected chi connectivity index (χ2v) is 6.65. The molecule has 170 valence electrons. The number of nitrogens with one attached hydrogen (secondary N) is 2. The number of ether oxygens (including phenoxy) is 3. The fourth-order valence-electron chi connectivity index (χ4n) is 2.54. The second-order valence-electron chi connectivity index (χ2n) is 6.65. The van der Waals surface area contributed by atoms with Crippen molar-refractivity contribution in [1.82, 2.24) is 15.5 Å². The Labute approximate surface area is 170 Å². The molecule has 3 unspecified atom stereocenters. The molecular formula is C19H43N3O6. The van der Waals surface area contributed by atoms with Crippen LogP contribution in [-0.2, 0) is 14.2 Å². The van der Waals surface area contributed by atoms with E-state index in [1.165, 1.54) is 0 Å². The molecule has 0 bridgehead atoms. The average molecular weight is 410 g/mol. The molecule has 5 N–H and O–H groups in total. The van der Waals surface area contributed by atoms with Crippen molar-refractivity contribution in [3.63, 3.8) is 0 Å². The molecule has 0 aliphatic carbocycles. The quantitative estimate of drug-likeness (QED) is 0.147. The van der Waals surface area contributed by atoms with Crippen molar-refractivity contribution in [3.05, 3.63) is 0 Å². The van der Waals surface area contributed by atoms with Gasteiger partial charge in [-0.2, -0.15) is 0 Å². The van der Waals surface area contributed by atoms with Crippen LogP contribution in [0.2, 0.25) is 0 Å². The smallest absolute Gasteiger partial charge is 0.0900 e. The Kier molecular flexibility index (Phi) is 19.7. The van der Waals surface area contributed by atoms with Crippen molar-refractivity contribution in [1.29, 1.82) is 0 Å². The molecule has 0 fully saturated rings. The number of aliphatic hydroxyl groups is 3. The molecule has 0 radical (unpaired) electrons. The summed E-state index contributed by atoms with van der Waals surface area (Å²) in [5, 5.41) is 36.1. The van der Waals surface area contributed by atoms with Crippen molar-refractivity contribution in [2.24, 2.45) is 0 Å². The van der Waals surface area contributed by atoms with Crippen LogP contribution in [0, 0.1) is 0 Å². The maximum atomic E-state index is 10.1. The molecule has 0 aromatic rings. The zero-order valence-corrected chi connectivity index (χ0v) is 17.9. The summed E-state index contributed by atoms with van der Waals surface area (Å²) < 4.78 is 15.7. The summed E-state index contributed by atoms with van der Waals surface area (Å²) in [6.45, 7) is 12.7. The first-order valence-electron chi connectivity index (χ1n) is 10.4. The zero-order chi connectivity index (χ0) is 21.0. The van der Waals surface area contributed by atoms with Gasteiger partial charge in [-0.3, -0.25) is 4.90 Å². The Morgan fingerprint density at radius 1 is 0.679 bits per heavy atom. The van der Waals surface area contributed by atoms with Crippen LogP contribution in [0.3, 0.4) is 0 Å². The van der Waals surface area contributed by atoms with Crippen LogP contribution in [0.25, 0.3) is 0 Å². The molecule has 0 aromatic heterocycles. The number of aliphatic hydroxyl groups excluding tert-OH is 3. The molecular weight excluding hydrogens is 366 g/mol. The van der Waals surface area contributed by atoms with E-state index in [4.69, 9.17) is 14.2 Å². The van der Waals surface area contributed by atoms with Crippen molar-refractivity contribution < 1.29 is 29.5 Å². The van der Waals surface area contributed by atoms with Crippen LogP contribution >= 0.6 is 0 Å². The summed E-state index contributed by atoms with van der Waals surface area (Å²) in [6.07, 6.45) is -1.59. The third-order valence-electron chi connectivity index (χ3n) is 3.98. The molecule has 0 amide bonds. The molecule has 9 heteroatoms. The van der Waals surface area contributed by atoms with Crippen LogP contribution in [0.1, 0.15) is 20.8 Å². The molecule has 0 spiro atoms. The minimum Gasteiger partial charge on any atom is -0.389 e. The maximum Gasteiger partial charge on any atom is 0.0900 e. The first kappa shape index (κ1) is 27.6. The lowest BCUT2D eigenvalue weighted by atomic mass is 10.3. The summed E-state index contributed by atoms with van der Waals surface area (Å²) in [7, 11) is 0. The van der Waals surface area contributed by atoms with E-state index in [0.717, 1.165) is 13.1 Å². The van der Waals surface area contributed by atoms with E-state index >= 15 is 0 Å². The Balaban J connectivity index is 4.12. The summed E-state index contributed by atoms with van der Waals surface area (Å²) in [5.74, 6) is 0. The van der Waals surface area contributed by atoms with Crippen molar-refractivity contribution in [2.45, 2.75) is 39.1 Å². The first-order chi connectivity index (χ1) is 13.5. The SMILES string of the molecule is CCOCC(O)CNCCN(CCNCC(O)COCC)CC(O)COCC. The van der Waals surface area contributed by atoms with E-state index in [2.05, 4.69) is 15.5 Å². The lowest BCUT2D eigenvalue weighted by Crippen LogP contribution is -2.44. The Hall–Kier alpha value is -0.360. The first-order valence-corrected chi connectivity index (χ1v) is 10.4. The number of nitrogens with zero attached hydrogens (tertiary/aromatic N) is 1. The third kappa shape index (κ3) is 17.7. The van der Waals surface area contributed by atoms with E-state index in [9.17, 15) is 15.3 Å². The van der Waals surface area contributed by atoms with Gasteiger partial charge in [-0.25, -0.2) is 0 Å². The van der Waals surface area contributed by atoms with Gasteiger partial charge in [0.05, 0.1) is 38.1 Å². The second kappa shape index (κ2) is 19.9. The topological polar surface area (TPSA) is 116 Å². The standard InChI is InChI=1S/C19H43N3O6/c1-4-26-14-17(23)11-20-7-9-22(13-19(25)16-28-6-3)10-8-21-12-18(24)15-27-5-2/h17-21,23-25H,4-16H2,1-3H3. The van der Waals surface area contributed by atoms with Gasteiger partial charge in [0.15, 0.2) is 0 Å². The Morgan fingerprint density at radius 3 is 1.46 bits per heavy atom. The average Bonchev–Trinajstić information content (AvgIpc) is 2.69. The van der Waals surface area contributed by atoms with Crippen molar-refractivity contribution in [3.8, 4) is 0 Å². The minimum absolute atomic E-state index is 0.313. The molecule has 0 saturated heterocycles. The Morgan fingerprint density at radius 2 is 1.07 bits per heavy atom. The fourth-order valence-corrected chi connectivity index (χ4v) is 2.54. The lowest BCUT2D eigenvalue weighted by Gasteiger charge is -2.26. The monoisotopic (exact) mass is 409 g/mol. The predicted molar refractivity (Wildman–Crippen MR) is 110 cm³/mol. The molecule has 9 nitrogen and oxygen atoms in total. The van der Waals surface area contributed by atoms with Gasteiger partial charge in [0, 0.05) is 65.6 Å². The van der Waals surface area contributed by atoms with E-state index < -0.39 is 18.3 Å². The van der Waals surface area contributed by atoms with Gasteiger partial charge in [0.2, 0.25) is 0 Å². The normalized spacial score (nSPS) is 15.1. The highest BCUT2D eigenvalue weighted by Gasteiger charge is 2.12. The van der Waals surface area contributed by atoms with Crippen LogP contribution in [-0.4, -0.2) is 124 Å². The van der Waals surface area contributed by atoms with Crippen molar-refractivity contribution in [2.75, 3.05) is 85.5 Å². The van der Waals surface area contributed by atoms with Crippen molar-refractivity contribution >= 4 is 0 Å². The fraction of sp³-hybridized carbons (Fsp3) is 1.00. The summed E-state index contributed by atoms with van der Waals surface area (Å²) >= 11 is 0. The lowest BCUT2D eigenvalue weighted by molar-refractivity contribution is 0.0201. The van der Waals surface area contributed by atoms with Gasteiger partial charge < -0.3 is 40.2 Å².